The van der Waals surface area contributed by atoms with E-state index in [-0.39, 0.29) is 13.2 Å². The maximum Gasteiger partial charge on any atom is 0.320 e. The fourth-order valence-corrected chi connectivity index (χ4v) is 7.85. The number of rotatable bonds is 15. The summed E-state index contributed by atoms with van der Waals surface area (Å²) < 4.78 is 24.4. The molecule has 3 saturated heterocycles. The summed E-state index contributed by atoms with van der Waals surface area (Å²) in [6, 6.07) is 19.3. The van der Waals surface area contributed by atoms with Crippen LogP contribution in [0.25, 0.3) is 11.1 Å². The Morgan fingerprint density at radius 2 is 1.70 bits per heavy atom. The molecule has 0 bridgehead atoms. The van der Waals surface area contributed by atoms with Gasteiger partial charge in [-0.05, 0) is 98.6 Å². The summed E-state index contributed by atoms with van der Waals surface area (Å²) in [5.41, 5.74) is 7.84. The van der Waals surface area contributed by atoms with Crippen LogP contribution in [0.1, 0.15) is 59.1 Å². The van der Waals surface area contributed by atoms with Crippen molar-refractivity contribution in [3.8, 4) is 34.4 Å². The van der Waals surface area contributed by atoms with Crippen molar-refractivity contribution < 1.29 is 28.8 Å². The lowest BCUT2D eigenvalue weighted by Crippen LogP contribution is -2.51. The van der Waals surface area contributed by atoms with Crippen molar-refractivity contribution in [1.82, 2.24) is 14.8 Å². The van der Waals surface area contributed by atoms with Gasteiger partial charge in [0.2, 0.25) is 0 Å². The Labute approximate surface area is 322 Å². The van der Waals surface area contributed by atoms with E-state index < -0.39 is 12.0 Å². The third-order valence-electron chi connectivity index (χ3n) is 11.2. The van der Waals surface area contributed by atoms with Crippen molar-refractivity contribution in [3.05, 3.63) is 105 Å². The van der Waals surface area contributed by atoms with Crippen LogP contribution >= 0.6 is 11.6 Å². The van der Waals surface area contributed by atoms with Gasteiger partial charge in [-0.3, -0.25) is 14.7 Å². The molecular weight excluding hydrogens is 704 g/mol. The molecule has 3 aliphatic rings. The van der Waals surface area contributed by atoms with Crippen LogP contribution in [0.2, 0.25) is 5.02 Å². The normalized spacial score (nSPS) is 18.0. The van der Waals surface area contributed by atoms with E-state index in [9.17, 15) is 15.2 Å². The number of carbonyl (C=O) groups is 1. The predicted octanol–water partition coefficient (Wildman–Crippen LogP) is 7.59. The molecule has 11 heteroatoms. The standard InChI is InChI=1S/C43H47ClN4O6/c1-29-33(6-3-7-35(29)36-8-4-9-39(30(36)2)52-17-5-13-47-15-11-43(12-16-47)27-51-28-43)26-54-41-20-40(53-25-32-18-31(21-45)22-46-23-32)34(19-37(41)44)24-48-14-10-38(48)42(49)50/h3-4,6-9,18-20,22-23,38H,5,10-17,24-28H2,1-2H3,(H,49,50)/t38-/m0/s1. The van der Waals surface area contributed by atoms with Crippen LogP contribution in [0.4, 0.5) is 0 Å². The minimum atomic E-state index is -0.845. The molecule has 3 aromatic carbocycles. The molecule has 3 aliphatic heterocycles. The van der Waals surface area contributed by atoms with Crippen molar-refractivity contribution in [1.29, 1.82) is 5.26 Å². The summed E-state index contributed by atoms with van der Waals surface area (Å²) >= 11 is 6.81. The second-order valence-electron chi connectivity index (χ2n) is 14.8. The molecule has 1 aromatic heterocycles. The first-order valence-corrected chi connectivity index (χ1v) is 19.1. The van der Waals surface area contributed by atoms with Gasteiger partial charge in [-0.25, -0.2) is 0 Å². The van der Waals surface area contributed by atoms with Gasteiger partial charge in [0.15, 0.2) is 0 Å². The van der Waals surface area contributed by atoms with Crippen molar-refractivity contribution in [2.45, 2.75) is 65.3 Å². The summed E-state index contributed by atoms with van der Waals surface area (Å²) in [6.45, 7) is 11.6. The number of pyridine rings is 1. The van der Waals surface area contributed by atoms with Gasteiger partial charge in [0.05, 0.1) is 30.4 Å². The fourth-order valence-electron chi connectivity index (χ4n) is 7.61. The van der Waals surface area contributed by atoms with Gasteiger partial charge in [-0.15, -0.1) is 0 Å². The monoisotopic (exact) mass is 750 g/mol. The number of likely N-dealkylation sites (tertiary alicyclic amines) is 2. The van der Waals surface area contributed by atoms with E-state index in [4.69, 9.17) is 30.5 Å². The number of ether oxygens (including phenoxy) is 4. The Kier molecular flexibility index (Phi) is 11.7. The fraction of sp³-hybridized carbons (Fsp3) is 0.419. The van der Waals surface area contributed by atoms with Crippen LogP contribution in [0.5, 0.6) is 17.2 Å². The number of hydrogen-bond acceptors (Lipinski definition) is 9. The van der Waals surface area contributed by atoms with E-state index in [1.807, 2.05) is 17.0 Å². The molecule has 0 radical (unpaired) electrons. The zero-order valence-corrected chi connectivity index (χ0v) is 31.7. The first kappa shape index (κ1) is 37.6. The van der Waals surface area contributed by atoms with Crippen LogP contribution in [-0.4, -0.2) is 77.9 Å². The highest BCUT2D eigenvalue weighted by Gasteiger charge is 2.41. The molecule has 4 heterocycles. The number of aromatic nitrogens is 1. The van der Waals surface area contributed by atoms with E-state index in [1.54, 1.807) is 24.4 Å². The first-order valence-electron chi connectivity index (χ1n) is 18.7. The molecule has 10 nitrogen and oxygen atoms in total. The Morgan fingerprint density at radius 1 is 0.944 bits per heavy atom. The van der Waals surface area contributed by atoms with Gasteiger partial charge < -0.3 is 29.0 Å². The van der Waals surface area contributed by atoms with Gasteiger partial charge in [-0.1, -0.05) is 41.9 Å². The number of hydrogen-bond donors (Lipinski definition) is 1. The topological polar surface area (TPSA) is 117 Å². The highest BCUT2D eigenvalue weighted by molar-refractivity contribution is 6.32. The minimum Gasteiger partial charge on any atom is -0.493 e. The van der Waals surface area contributed by atoms with Crippen LogP contribution in [0.15, 0.2) is 67.0 Å². The molecule has 1 N–H and O–H groups in total. The highest BCUT2D eigenvalue weighted by Crippen LogP contribution is 2.39. The summed E-state index contributed by atoms with van der Waals surface area (Å²) in [7, 11) is 0. The number of piperidine rings is 1. The maximum absolute atomic E-state index is 11.7. The second-order valence-corrected chi connectivity index (χ2v) is 15.2. The number of aliphatic carboxylic acids is 1. The molecule has 54 heavy (non-hydrogen) atoms. The van der Waals surface area contributed by atoms with E-state index in [0.29, 0.717) is 53.6 Å². The zero-order valence-electron chi connectivity index (χ0n) is 31.0. The van der Waals surface area contributed by atoms with E-state index in [0.717, 1.165) is 84.0 Å². The van der Waals surface area contributed by atoms with Gasteiger partial charge in [0, 0.05) is 54.6 Å². The van der Waals surface area contributed by atoms with E-state index in [1.165, 1.54) is 19.0 Å². The molecule has 1 spiro atoms. The van der Waals surface area contributed by atoms with E-state index >= 15 is 0 Å². The molecule has 0 unspecified atom stereocenters. The summed E-state index contributed by atoms with van der Waals surface area (Å²) in [5.74, 6) is 1.04. The second kappa shape index (κ2) is 16.8. The molecule has 7 rings (SSSR count). The predicted molar refractivity (Wildman–Crippen MR) is 206 cm³/mol. The third kappa shape index (κ3) is 8.50. The SMILES string of the molecule is Cc1c(COc2cc(OCc3cncc(C#N)c3)c(CN3CC[C@H]3C(=O)O)cc2Cl)cccc1-c1cccc(OCCCN2CCC3(CC2)COC3)c1C. The minimum absolute atomic E-state index is 0.164. The Balaban J connectivity index is 1.02. The molecule has 4 aromatic rings. The number of nitriles is 1. The Hall–Kier alpha value is -4.66. The van der Waals surface area contributed by atoms with Crippen LogP contribution in [-0.2, 0) is 29.3 Å². The van der Waals surface area contributed by atoms with Gasteiger partial charge >= 0.3 is 5.97 Å². The molecule has 3 fully saturated rings. The Bertz CT molecular complexity index is 2020. The third-order valence-corrected chi connectivity index (χ3v) is 11.5. The molecule has 0 amide bonds. The molecular formula is C43H47ClN4O6. The quantitative estimate of drug-likeness (QED) is 0.122. The van der Waals surface area contributed by atoms with Crippen LogP contribution < -0.4 is 14.2 Å². The number of carboxylic acids is 1. The van der Waals surface area contributed by atoms with Gasteiger partial charge in [-0.2, -0.15) is 5.26 Å². The lowest BCUT2D eigenvalue weighted by molar-refractivity contribution is -0.148. The number of halogens is 1. The summed E-state index contributed by atoms with van der Waals surface area (Å²) in [4.78, 5) is 20.3. The Morgan fingerprint density at radius 3 is 2.41 bits per heavy atom. The maximum atomic E-state index is 11.7. The largest absolute Gasteiger partial charge is 0.493 e. The lowest BCUT2D eigenvalue weighted by atomic mass is 9.77. The van der Waals surface area contributed by atoms with Gasteiger partial charge in [0.1, 0.15) is 42.6 Å². The molecule has 0 aliphatic carbocycles. The van der Waals surface area contributed by atoms with Crippen molar-refractivity contribution >= 4 is 17.6 Å². The molecule has 0 saturated carbocycles. The lowest BCUT2D eigenvalue weighted by Gasteiger charge is -2.47. The average Bonchev–Trinajstić information content (AvgIpc) is 3.15. The number of benzene rings is 3. The van der Waals surface area contributed by atoms with Crippen molar-refractivity contribution in [2.75, 3.05) is 46.0 Å². The molecule has 1 atom stereocenters. The summed E-state index contributed by atoms with van der Waals surface area (Å²) in [6.07, 6.45) is 7.21. The number of carboxylic acid groups (broad SMARTS) is 1. The van der Waals surface area contributed by atoms with Crippen LogP contribution in [0.3, 0.4) is 0 Å². The molecule has 282 valence electrons. The highest BCUT2D eigenvalue weighted by atomic mass is 35.5. The average molecular weight is 751 g/mol. The van der Waals surface area contributed by atoms with Crippen molar-refractivity contribution in [3.63, 3.8) is 0 Å². The smallest absolute Gasteiger partial charge is 0.320 e. The van der Waals surface area contributed by atoms with Crippen molar-refractivity contribution in [2.24, 2.45) is 5.41 Å². The number of nitrogens with zero attached hydrogens (tertiary/aromatic N) is 4. The van der Waals surface area contributed by atoms with Gasteiger partial charge in [0.25, 0.3) is 0 Å². The zero-order chi connectivity index (χ0) is 37.7. The first-order chi connectivity index (χ1) is 26.2. The summed E-state index contributed by atoms with van der Waals surface area (Å²) in [5, 5.41) is 19.3. The van der Waals surface area contributed by atoms with Crippen LogP contribution in [0, 0.1) is 30.6 Å². The van der Waals surface area contributed by atoms with E-state index in [2.05, 4.69) is 54.1 Å².